The van der Waals surface area contributed by atoms with Crippen molar-refractivity contribution in [3.05, 3.63) is 77.9 Å². The second-order valence-corrected chi connectivity index (χ2v) is 9.09. The van der Waals surface area contributed by atoms with Gasteiger partial charge in [-0.1, -0.05) is 29.8 Å². The number of rotatable bonds is 7. The summed E-state index contributed by atoms with van der Waals surface area (Å²) in [5.74, 6) is 1.68. The smallest absolute Gasteiger partial charge is 0.264 e. The first-order valence-corrected chi connectivity index (χ1v) is 11.6. The maximum atomic E-state index is 13.7. The molecule has 0 saturated carbocycles. The van der Waals surface area contributed by atoms with Gasteiger partial charge in [-0.2, -0.15) is 0 Å². The number of sulfonamides is 1. The quantitative estimate of drug-likeness (QED) is 0.540. The molecule has 162 valence electrons. The Labute approximate surface area is 183 Å². The third-order valence-electron chi connectivity index (χ3n) is 4.98. The summed E-state index contributed by atoms with van der Waals surface area (Å²) in [5.41, 5.74) is 2.56. The van der Waals surface area contributed by atoms with Crippen LogP contribution in [0.4, 0.5) is 5.69 Å². The molecule has 0 saturated heterocycles. The first-order chi connectivity index (χ1) is 15.0. The lowest BCUT2D eigenvalue weighted by Crippen LogP contribution is -2.30. The molecule has 4 rings (SSSR count). The molecule has 6 nitrogen and oxygen atoms in total. The fourth-order valence-electron chi connectivity index (χ4n) is 3.36. The molecule has 3 aromatic carbocycles. The summed E-state index contributed by atoms with van der Waals surface area (Å²) in [6.45, 7) is 5.49. The molecule has 0 unspecified atom stereocenters. The number of aryl methyl sites for hydroxylation is 1. The molecular weight excluding hydrogens is 414 g/mol. The van der Waals surface area contributed by atoms with Crippen molar-refractivity contribution in [1.29, 1.82) is 0 Å². The largest absolute Gasteiger partial charge is 0.494 e. The van der Waals surface area contributed by atoms with Gasteiger partial charge < -0.3 is 14.2 Å². The lowest BCUT2D eigenvalue weighted by molar-refractivity contribution is 0.171. The van der Waals surface area contributed by atoms with E-state index in [0.717, 1.165) is 11.1 Å². The second kappa shape index (κ2) is 8.89. The first kappa shape index (κ1) is 21.1. The van der Waals surface area contributed by atoms with Gasteiger partial charge >= 0.3 is 0 Å². The number of hydrogen-bond acceptors (Lipinski definition) is 5. The molecular formula is C24H25NO5S. The van der Waals surface area contributed by atoms with Crippen molar-refractivity contribution in [3.8, 4) is 17.2 Å². The zero-order chi connectivity index (χ0) is 21.8. The molecule has 1 aliphatic rings. The van der Waals surface area contributed by atoms with Crippen molar-refractivity contribution in [2.75, 3.05) is 24.1 Å². The van der Waals surface area contributed by atoms with Crippen LogP contribution >= 0.6 is 0 Å². The Kier molecular flexibility index (Phi) is 6.04. The molecule has 0 atom stereocenters. The van der Waals surface area contributed by atoms with E-state index in [0.29, 0.717) is 42.8 Å². The van der Waals surface area contributed by atoms with Gasteiger partial charge in [0.2, 0.25) is 0 Å². The predicted octanol–water partition coefficient (Wildman–Crippen LogP) is 4.56. The molecule has 0 aliphatic carbocycles. The highest BCUT2D eigenvalue weighted by Gasteiger charge is 2.27. The number of fused-ring (bicyclic) bond motifs is 1. The standard InChI is InChI=1S/C24H25NO5S/c1-3-28-21-10-8-20(9-11-21)25(17-19-6-4-18(2)5-7-19)31(26,27)22-12-13-23-24(16-22)30-15-14-29-23/h4-13,16H,3,14-15,17H2,1-2H3. The van der Waals surface area contributed by atoms with E-state index in [2.05, 4.69) is 0 Å². The van der Waals surface area contributed by atoms with Crippen LogP contribution in [-0.4, -0.2) is 28.2 Å². The van der Waals surface area contributed by atoms with Crippen LogP contribution in [0.15, 0.2) is 71.6 Å². The van der Waals surface area contributed by atoms with Gasteiger partial charge in [-0.3, -0.25) is 4.31 Å². The van der Waals surface area contributed by atoms with E-state index >= 15 is 0 Å². The molecule has 1 heterocycles. The third kappa shape index (κ3) is 4.61. The van der Waals surface area contributed by atoms with Crippen LogP contribution in [0.3, 0.4) is 0 Å². The molecule has 0 N–H and O–H groups in total. The van der Waals surface area contributed by atoms with Crippen LogP contribution < -0.4 is 18.5 Å². The molecule has 0 aromatic heterocycles. The van der Waals surface area contributed by atoms with Crippen LogP contribution in [0.5, 0.6) is 17.2 Å². The number of hydrogen-bond donors (Lipinski definition) is 0. The zero-order valence-electron chi connectivity index (χ0n) is 17.6. The molecule has 7 heteroatoms. The van der Waals surface area contributed by atoms with Gasteiger partial charge in [0, 0.05) is 6.07 Å². The van der Waals surface area contributed by atoms with Gasteiger partial charge in [-0.05, 0) is 55.8 Å². The number of nitrogens with zero attached hydrogens (tertiary/aromatic N) is 1. The van der Waals surface area contributed by atoms with E-state index in [-0.39, 0.29) is 11.4 Å². The van der Waals surface area contributed by atoms with Crippen LogP contribution in [-0.2, 0) is 16.6 Å². The van der Waals surface area contributed by atoms with E-state index in [1.54, 1.807) is 36.4 Å². The topological polar surface area (TPSA) is 65.1 Å². The molecule has 1 aliphatic heterocycles. The lowest BCUT2D eigenvalue weighted by atomic mass is 10.1. The minimum absolute atomic E-state index is 0.151. The minimum atomic E-state index is -3.86. The van der Waals surface area contributed by atoms with Crippen LogP contribution in [0.25, 0.3) is 0 Å². The highest BCUT2D eigenvalue weighted by Crippen LogP contribution is 2.35. The third-order valence-corrected chi connectivity index (χ3v) is 6.75. The number of benzene rings is 3. The van der Waals surface area contributed by atoms with Crippen molar-refractivity contribution in [2.45, 2.75) is 25.3 Å². The van der Waals surface area contributed by atoms with Crippen molar-refractivity contribution >= 4 is 15.7 Å². The fourth-order valence-corrected chi connectivity index (χ4v) is 4.83. The number of anilines is 1. The van der Waals surface area contributed by atoms with Crippen molar-refractivity contribution in [3.63, 3.8) is 0 Å². The van der Waals surface area contributed by atoms with E-state index in [9.17, 15) is 8.42 Å². The Morgan fingerprint density at radius 3 is 2.26 bits per heavy atom. The van der Waals surface area contributed by atoms with Crippen molar-refractivity contribution in [1.82, 2.24) is 0 Å². The lowest BCUT2D eigenvalue weighted by Gasteiger charge is -2.26. The van der Waals surface area contributed by atoms with Crippen LogP contribution in [0.1, 0.15) is 18.1 Å². The van der Waals surface area contributed by atoms with E-state index in [4.69, 9.17) is 14.2 Å². The van der Waals surface area contributed by atoms with Gasteiger partial charge in [-0.15, -0.1) is 0 Å². The number of ether oxygens (including phenoxy) is 3. The average Bonchev–Trinajstić information content (AvgIpc) is 2.79. The summed E-state index contributed by atoms with van der Waals surface area (Å²) in [5, 5.41) is 0. The Morgan fingerprint density at radius 1 is 0.903 bits per heavy atom. The van der Waals surface area contributed by atoms with Crippen molar-refractivity contribution in [2.24, 2.45) is 0 Å². The summed E-state index contributed by atoms with van der Waals surface area (Å²) in [7, 11) is -3.86. The molecule has 3 aromatic rings. The fraction of sp³-hybridized carbons (Fsp3) is 0.250. The summed E-state index contributed by atoms with van der Waals surface area (Å²) >= 11 is 0. The van der Waals surface area contributed by atoms with Crippen LogP contribution in [0.2, 0.25) is 0 Å². The predicted molar refractivity (Wildman–Crippen MR) is 120 cm³/mol. The monoisotopic (exact) mass is 439 g/mol. The van der Waals surface area contributed by atoms with E-state index < -0.39 is 10.0 Å². The molecule has 31 heavy (non-hydrogen) atoms. The maximum absolute atomic E-state index is 13.7. The second-order valence-electron chi connectivity index (χ2n) is 7.23. The van der Waals surface area contributed by atoms with Gasteiger partial charge in [-0.25, -0.2) is 8.42 Å². The molecule has 0 radical (unpaired) electrons. The normalized spacial score (nSPS) is 13.0. The zero-order valence-corrected chi connectivity index (χ0v) is 18.4. The van der Waals surface area contributed by atoms with Crippen molar-refractivity contribution < 1.29 is 22.6 Å². The Balaban J connectivity index is 1.74. The highest BCUT2D eigenvalue weighted by atomic mass is 32.2. The van der Waals surface area contributed by atoms with Gasteiger partial charge in [0.05, 0.1) is 23.7 Å². The van der Waals surface area contributed by atoms with E-state index in [1.807, 2.05) is 38.1 Å². The molecule has 0 fully saturated rings. The average molecular weight is 440 g/mol. The van der Waals surface area contributed by atoms with Gasteiger partial charge in [0.1, 0.15) is 19.0 Å². The minimum Gasteiger partial charge on any atom is -0.494 e. The van der Waals surface area contributed by atoms with Gasteiger partial charge in [0.15, 0.2) is 11.5 Å². The molecule has 0 amide bonds. The Morgan fingerprint density at radius 2 is 1.58 bits per heavy atom. The summed E-state index contributed by atoms with van der Waals surface area (Å²) in [6, 6.07) is 19.6. The summed E-state index contributed by atoms with van der Waals surface area (Å²) < 4.78 is 45.4. The first-order valence-electron chi connectivity index (χ1n) is 10.2. The van der Waals surface area contributed by atoms with Crippen LogP contribution in [0, 0.1) is 6.92 Å². The summed E-state index contributed by atoms with van der Waals surface area (Å²) in [4.78, 5) is 0.151. The maximum Gasteiger partial charge on any atom is 0.264 e. The Hall–Kier alpha value is -3.19. The Bertz CT molecular complexity index is 1140. The SMILES string of the molecule is CCOc1ccc(N(Cc2ccc(C)cc2)S(=O)(=O)c2ccc3c(c2)OCCO3)cc1. The summed E-state index contributed by atoms with van der Waals surface area (Å²) in [6.07, 6.45) is 0. The highest BCUT2D eigenvalue weighted by molar-refractivity contribution is 7.92. The molecule has 0 bridgehead atoms. The van der Waals surface area contributed by atoms with E-state index in [1.165, 1.54) is 10.4 Å². The van der Waals surface area contributed by atoms with Gasteiger partial charge in [0.25, 0.3) is 10.0 Å². The molecule has 0 spiro atoms.